The standard InChI is InChI=1S/C22H20N2O3S/c1-22(2)18(24-19(25)16(23-3)20(24)28-22)21(26)27-17(14-10-6-4-7-11-14)15-12-8-5-9-13-15/h4-13,16-18,20H,1-2H3/t16?,18-,20+/m0/s1. The minimum atomic E-state index is -0.706. The van der Waals surface area contributed by atoms with Gasteiger partial charge in [-0.15, -0.1) is 11.8 Å². The van der Waals surface area contributed by atoms with Crippen molar-refractivity contribution < 1.29 is 14.3 Å². The van der Waals surface area contributed by atoms with E-state index in [0.29, 0.717) is 0 Å². The summed E-state index contributed by atoms with van der Waals surface area (Å²) in [5, 5.41) is -0.274. The Hall–Kier alpha value is -2.78. The summed E-state index contributed by atoms with van der Waals surface area (Å²) >= 11 is 1.50. The van der Waals surface area contributed by atoms with Crippen LogP contribution in [0.4, 0.5) is 0 Å². The van der Waals surface area contributed by atoms with E-state index in [-0.39, 0.29) is 11.3 Å². The van der Waals surface area contributed by atoms with Crippen LogP contribution in [0.1, 0.15) is 31.1 Å². The molecule has 142 valence electrons. The summed E-state index contributed by atoms with van der Waals surface area (Å²) in [5.41, 5.74) is 1.74. The molecule has 2 fully saturated rings. The van der Waals surface area contributed by atoms with Crippen molar-refractivity contribution in [1.82, 2.24) is 4.90 Å². The molecule has 2 aromatic carbocycles. The van der Waals surface area contributed by atoms with Gasteiger partial charge in [0.15, 0.2) is 11.5 Å². The molecular weight excluding hydrogens is 372 g/mol. The minimum Gasteiger partial charge on any atom is -0.451 e. The van der Waals surface area contributed by atoms with Crippen LogP contribution in [0.15, 0.2) is 60.7 Å². The van der Waals surface area contributed by atoms with Crippen LogP contribution in [0.3, 0.4) is 0 Å². The van der Waals surface area contributed by atoms with Crippen molar-refractivity contribution in [3.8, 4) is 0 Å². The fourth-order valence-corrected chi connectivity index (χ4v) is 5.46. The van der Waals surface area contributed by atoms with Crippen molar-refractivity contribution in [1.29, 1.82) is 0 Å². The quantitative estimate of drug-likeness (QED) is 0.453. The van der Waals surface area contributed by atoms with E-state index in [1.165, 1.54) is 16.7 Å². The summed E-state index contributed by atoms with van der Waals surface area (Å²) in [6, 6.07) is 17.7. The molecule has 0 aliphatic carbocycles. The molecule has 5 nitrogen and oxygen atoms in total. The summed E-state index contributed by atoms with van der Waals surface area (Å²) < 4.78 is 5.47. The Morgan fingerprint density at radius 1 is 1.11 bits per heavy atom. The number of carbonyl (C=O) groups is 2. The first-order chi connectivity index (χ1) is 13.4. The van der Waals surface area contributed by atoms with Gasteiger partial charge in [-0.25, -0.2) is 11.4 Å². The van der Waals surface area contributed by atoms with E-state index in [2.05, 4.69) is 4.85 Å². The molecule has 28 heavy (non-hydrogen) atoms. The van der Waals surface area contributed by atoms with E-state index in [1.807, 2.05) is 74.5 Å². The van der Waals surface area contributed by atoms with Crippen LogP contribution in [0.25, 0.3) is 4.85 Å². The number of thioether (sulfide) groups is 1. The molecule has 0 aromatic heterocycles. The Bertz CT molecular complexity index is 900. The first-order valence-electron chi connectivity index (χ1n) is 9.11. The topological polar surface area (TPSA) is 51.0 Å². The lowest BCUT2D eigenvalue weighted by molar-refractivity contribution is -0.164. The molecular formula is C22H20N2O3S. The fourth-order valence-electron chi connectivity index (χ4n) is 3.86. The molecule has 1 amide bonds. The van der Waals surface area contributed by atoms with Gasteiger partial charge in [0.25, 0.3) is 0 Å². The minimum absolute atomic E-state index is 0.274. The highest BCUT2D eigenvalue weighted by Crippen LogP contribution is 2.52. The number of nitrogens with zero attached hydrogens (tertiary/aromatic N) is 2. The third-order valence-corrected chi connectivity index (χ3v) is 6.77. The maximum atomic E-state index is 13.2. The van der Waals surface area contributed by atoms with Crippen LogP contribution in [0.2, 0.25) is 0 Å². The molecule has 0 radical (unpaired) electrons. The van der Waals surface area contributed by atoms with Crippen LogP contribution >= 0.6 is 11.8 Å². The van der Waals surface area contributed by atoms with Crippen molar-refractivity contribution in [2.45, 2.75) is 42.2 Å². The number of β-lactam (4-membered cyclic amide) rings is 1. The third-order valence-electron chi connectivity index (χ3n) is 5.21. The van der Waals surface area contributed by atoms with Crippen LogP contribution < -0.4 is 0 Å². The second-order valence-electron chi connectivity index (χ2n) is 7.47. The smallest absolute Gasteiger partial charge is 0.331 e. The highest BCUT2D eigenvalue weighted by molar-refractivity contribution is 8.01. The Balaban J connectivity index is 1.64. The largest absolute Gasteiger partial charge is 0.451 e. The molecule has 6 heteroatoms. The number of hydrogen-bond acceptors (Lipinski definition) is 4. The van der Waals surface area contributed by atoms with E-state index in [4.69, 9.17) is 11.3 Å². The third kappa shape index (κ3) is 2.96. The number of rotatable bonds is 4. The van der Waals surface area contributed by atoms with Crippen molar-refractivity contribution in [3.63, 3.8) is 0 Å². The molecule has 0 saturated carbocycles. The maximum Gasteiger partial charge on any atom is 0.331 e. The molecule has 0 N–H and O–H groups in total. The van der Waals surface area contributed by atoms with Gasteiger partial charge in [0.05, 0.1) is 0 Å². The van der Waals surface area contributed by atoms with Crippen molar-refractivity contribution in [3.05, 3.63) is 83.2 Å². The van der Waals surface area contributed by atoms with E-state index in [9.17, 15) is 9.59 Å². The molecule has 2 saturated heterocycles. The van der Waals surface area contributed by atoms with Gasteiger partial charge in [-0.3, -0.25) is 9.64 Å². The summed E-state index contributed by atoms with van der Waals surface area (Å²) in [6.07, 6.45) is -0.553. The number of fused-ring (bicyclic) bond motifs is 1. The summed E-state index contributed by atoms with van der Waals surface area (Å²) in [4.78, 5) is 30.6. The molecule has 2 aromatic rings. The fraction of sp³-hybridized carbons (Fsp3) is 0.318. The molecule has 1 unspecified atom stereocenters. The van der Waals surface area contributed by atoms with Gasteiger partial charge in [-0.05, 0) is 25.0 Å². The zero-order chi connectivity index (χ0) is 19.9. The van der Waals surface area contributed by atoms with Crippen LogP contribution in [0.5, 0.6) is 0 Å². The van der Waals surface area contributed by atoms with Crippen molar-refractivity contribution >= 4 is 23.6 Å². The molecule has 0 spiro atoms. The van der Waals surface area contributed by atoms with E-state index in [1.54, 1.807) is 0 Å². The predicted octanol–water partition coefficient (Wildman–Crippen LogP) is 3.67. The Morgan fingerprint density at radius 3 is 2.14 bits per heavy atom. The van der Waals surface area contributed by atoms with Gasteiger partial charge in [0.2, 0.25) is 0 Å². The zero-order valence-electron chi connectivity index (χ0n) is 15.6. The average Bonchev–Trinajstić information content (AvgIpc) is 2.95. The number of esters is 1. The van der Waals surface area contributed by atoms with Crippen LogP contribution in [-0.4, -0.2) is 39.0 Å². The number of hydrogen-bond donors (Lipinski definition) is 0. The Morgan fingerprint density at radius 2 is 1.64 bits per heavy atom. The second kappa shape index (κ2) is 6.99. The van der Waals surface area contributed by atoms with Gasteiger partial charge >= 0.3 is 17.9 Å². The van der Waals surface area contributed by atoms with Gasteiger partial charge in [0.1, 0.15) is 6.04 Å². The molecule has 0 bridgehead atoms. The van der Waals surface area contributed by atoms with E-state index in [0.717, 1.165) is 11.1 Å². The summed E-state index contributed by atoms with van der Waals surface area (Å²) in [5.74, 6) is -0.717. The van der Waals surface area contributed by atoms with Crippen LogP contribution in [-0.2, 0) is 14.3 Å². The highest BCUT2D eigenvalue weighted by Gasteiger charge is 2.68. The second-order valence-corrected chi connectivity index (χ2v) is 9.24. The first kappa shape index (κ1) is 18.6. The SMILES string of the molecule is [C-]#[N+]C1C(=O)N2[C@@H]1SC(C)(C)[C@@H]2C(=O)OC(c1ccccc1)c1ccccc1. The number of carbonyl (C=O) groups excluding carboxylic acids is 2. The first-order valence-corrected chi connectivity index (χ1v) is 9.99. The van der Waals surface area contributed by atoms with Crippen molar-refractivity contribution in [2.75, 3.05) is 0 Å². The zero-order valence-corrected chi connectivity index (χ0v) is 16.4. The predicted molar refractivity (Wildman–Crippen MR) is 107 cm³/mol. The Kier molecular flexibility index (Phi) is 4.64. The molecule has 3 atom stereocenters. The van der Waals surface area contributed by atoms with Gasteiger partial charge < -0.3 is 9.64 Å². The normalized spacial score (nSPS) is 25.0. The monoisotopic (exact) mass is 392 g/mol. The van der Waals surface area contributed by atoms with Gasteiger partial charge in [-0.1, -0.05) is 60.7 Å². The van der Waals surface area contributed by atoms with Gasteiger partial charge in [0, 0.05) is 4.75 Å². The molecule has 2 aliphatic rings. The molecule has 2 aliphatic heterocycles. The molecule has 4 rings (SSSR count). The Labute approximate surface area is 168 Å². The number of benzene rings is 2. The lowest BCUT2D eigenvalue weighted by Gasteiger charge is -2.37. The highest BCUT2D eigenvalue weighted by atomic mass is 32.2. The van der Waals surface area contributed by atoms with E-state index < -0.39 is 28.9 Å². The number of amides is 1. The average molecular weight is 392 g/mol. The lowest BCUT2D eigenvalue weighted by atomic mass is 9.95. The van der Waals surface area contributed by atoms with Crippen LogP contribution in [0, 0.1) is 6.57 Å². The lowest BCUT2D eigenvalue weighted by Crippen LogP contribution is -2.64. The van der Waals surface area contributed by atoms with Gasteiger partial charge in [-0.2, -0.15) is 0 Å². The maximum absolute atomic E-state index is 13.2. The summed E-state index contributed by atoms with van der Waals surface area (Å²) in [6.45, 7) is 11.1. The number of ether oxygens (including phenoxy) is 1. The van der Waals surface area contributed by atoms with Crippen molar-refractivity contribution in [2.24, 2.45) is 0 Å². The van der Waals surface area contributed by atoms with E-state index >= 15 is 0 Å². The summed E-state index contributed by atoms with van der Waals surface area (Å²) in [7, 11) is 0. The molecule has 2 heterocycles.